The third kappa shape index (κ3) is 3.33. The predicted molar refractivity (Wildman–Crippen MR) is 78.8 cm³/mol. The van der Waals surface area contributed by atoms with Gasteiger partial charge in [0.2, 0.25) is 0 Å². The number of amides is 1. The molecule has 3 aromatic rings. The average molecular weight is 279 g/mol. The molecule has 0 radical (unpaired) electrons. The molecule has 0 aliphatic carbocycles. The quantitative estimate of drug-likeness (QED) is 0.800. The molecule has 21 heavy (non-hydrogen) atoms. The van der Waals surface area contributed by atoms with Crippen molar-refractivity contribution in [2.75, 3.05) is 0 Å². The molecule has 0 fully saturated rings. The highest BCUT2D eigenvalue weighted by atomic mass is 16.6. The van der Waals surface area contributed by atoms with Gasteiger partial charge in [0.05, 0.1) is 29.5 Å². The SMILES string of the molecule is O=C(NCc1cnc2ccccc2n1)Oc1ccccc1. The van der Waals surface area contributed by atoms with Crippen LogP contribution >= 0.6 is 0 Å². The van der Waals surface area contributed by atoms with Crippen molar-refractivity contribution in [3.63, 3.8) is 0 Å². The minimum atomic E-state index is -0.517. The van der Waals surface area contributed by atoms with E-state index >= 15 is 0 Å². The van der Waals surface area contributed by atoms with Gasteiger partial charge in [0.25, 0.3) is 0 Å². The number of aromatic nitrogens is 2. The van der Waals surface area contributed by atoms with E-state index in [0.29, 0.717) is 11.4 Å². The molecular formula is C16H13N3O2. The van der Waals surface area contributed by atoms with Crippen LogP contribution in [0.2, 0.25) is 0 Å². The Hall–Kier alpha value is -2.95. The smallest absolute Gasteiger partial charge is 0.410 e. The van der Waals surface area contributed by atoms with Gasteiger partial charge in [-0.2, -0.15) is 0 Å². The van der Waals surface area contributed by atoms with Crippen LogP contribution in [0.3, 0.4) is 0 Å². The van der Waals surface area contributed by atoms with Crippen LogP contribution in [0.15, 0.2) is 60.8 Å². The second-order valence-electron chi connectivity index (χ2n) is 4.41. The lowest BCUT2D eigenvalue weighted by Gasteiger charge is -2.06. The number of rotatable bonds is 3. The normalized spacial score (nSPS) is 10.3. The van der Waals surface area contributed by atoms with Gasteiger partial charge in [-0.1, -0.05) is 30.3 Å². The zero-order chi connectivity index (χ0) is 14.5. The van der Waals surface area contributed by atoms with Crippen molar-refractivity contribution in [1.29, 1.82) is 0 Å². The molecule has 0 bridgehead atoms. The predicted octanol–water partition coefficient (Wildman–Crippen LogP) is 2.92. The van der Waals surface area contributed by atoms with Gasteiger partial charge in [0.1, 0.15) is 5.75 Å². The Kier molecular flexibility index (Phi) is 3.73. The maximum atomic E-state index is 11.7. The van der Waals surface area contributed by atoms with Crippen molar-refractivity contribution >= 4 is 17.1 Å². The standard InChI is InChI=1S/C16H13N3O2/c20-16(21-13-6-2-1-3-7-13)18-11-12-10-17-14-8-4-5-9-15(14)19-12/h1-10H,11H2,(H,18,20). The van der Waals surface area contributed by atoms with Gasteiger partial charge < -0.3 is 10.1 Å². The van der Waals surface area contributed by atoms with E-state index in [1.165, 1.54) is 0 Å². The first-order valence-electron chi connectivity index (χ1n) is 6.53. The number of hydrogen-bond acceptors (Lipinski definition) is 4. The summed E-state index contributed by atoms with van der Waals surface area (Å²) >= 11 is 0. The number of carbonyl (C=O) groups is 1. The number of nitrogens with zero attached hydrogens (tertiary/aromatic N) is 2. The summed E-state index contributed by atoms with van der Waals surface area (Å²) in [5, 5.41) is 2.65. The molecule has 5 nitrogen and oxygen atoms in total. The Bertz CT molecular complexity index is 760. The lowest BCUT2D eigenvalue weighted by atomic mass is 10.3. The van der Waals surface area contributed by atoms with Crippen LogP contribution in [0.4, 0.5) is 4.79 Å². The lowest BCUT2D eigenvalue weighted by molar-refractivity contribution is 0.200. The van der Waals surface area contributed by atoms with Crippen molar-refractivity contribution in [2.24, 2.45) is 0 Å². The number of benzene rings is 2. The first-order chi connectivity index (χ1) is 10.3. The largest absolute Gasteiger partial charge is 0.412 e. The van der Waals surface area contributed by atoms with E-state index in [2.05, 4.69) is 15.3 Å². The fourth-order valence-corrected chi connectivity index (χ4v) is 1.88. The summed E-state index contributed by atoms with van der Waals surface area (Å²) in [7, 11) is 0. The minimum absolute atomic E-state index is 0.267. The Labute approximate surface area is 121 Å². The van der Waals surface area contributed by atoms with Crippen LogP contribution in [0, 0.1) is 0 Å². The molecule has 5 heteroatoms. The molecule has 0 spiro atoms. The fourth-order valence-electron chi connectivity index (χ4n) is 1.88. The number of carbonyl (C=O) groups excluding carboxylic acids is 1. The van der Waals surface area contributed by atoms with Gasteiger partial charge in [-0.15, -0.1) is 0 Å². The molecule has 1 amide bonds. The van der Waals surface area contributed by atoms with Crippen molar-refractivity contribution < 1.29 is 9.53 Å². The van der Waals surface area contributed by atoms with E-state index in [4.69, 9.17) is 4.74 Å². The summed E-state index contributed by atoms with van der Waals surface area (Å²) in [6.07, 6.45) is 1.13. The summed E-state index contributed by atoms with van der Waals surface area (Å²) in [5.74, 6) is 0.500. The molecule has 3 rings (SSSR count). The number of ether oxygens (including phenoxy) is 1. The highest BCUT2D eigenvalue weighted by Crippen LogP contribution is 2.09. The van der Waals surface area contributed by atoms with Gasteiger partial charge in [-0.05, 0) is 24.3 Å². The number of fused-ring (bicyclic) bond motifs is 1. The number of para-hydroxylation sites is 3. The highest BCUT2D eigenvalue weighted by Gasteiger charge is 2.05. The first-order valence-corrected chi connectivity index (χ1v) is 6.53. The first kappa shape index (κ1) is 13.1. The van der Waals surface area contributed by atoms with E-state index in [9.17, 15) is 4.79 Å². The highest BCUT2D eigenvalue weighted by molar-refractivity contribution is 5.74. The molecule has 1 aromatic heterocycles. The molecule has 0 saturated heterocycles. The van der Waals surface area contributed by atoms with Gasteiger partial charge in [0, 0.05) is 0 Å². The Morgan fingerprint density at radius 3 is 2.52 bits per heavy atom. The molecule has 0 unspecified atom stereocenters. The molecule has 0 atom stereocenters. The monoisotopic (exact) mass is 279 g/mol. The van der Waals surface area contributed by atoms with Gasteiger partial charge in [-0.3, -0.25) is 4.98 Å². The van der Waals surface area contributed by atoms with Crippen LogP contribution in [0.1, 0.15) is 5.69 Å². The van der Waals surface area contributed by atoms with E-state index < -0.39 is 6.09 Å². The Morgan fingerprint density at radius 2 is 1.71 bits per heavy atom. The van der Waals surface area contributed by atoms with Crippen molar-refractivity contribution in [3.8, 4) is 5.75 Å². The maximum absolute atomic E-state index is 11.7. The summed E-state index contributed by atoms with van der Waals surface area (Å²) in [4.78, 5) is 20.4. The minimum Gasteiger partial charge on any atom is -0.410 e. The molecule has 104 valence electrons. The summed E-state index contributed by atoms with van der Waals surface area (Å²) in [6, 6.07) is 16.5. The molecule has 0 saturated carbocycles. The van der Waals surface area contributed by atoms with Crippen LogP contribution in [-0.2, 0) is 6.54 Å². The molecule has 1 heterocycles. The fraction of sp³-hybridized carbons (Fsp3) is 0.0625. The van der Waals surface area contributed by atoms with Crippen LogP contribution in [0.5, 0.6) is 5.75 Å². The molecular weight excluding hydrogens is 266 g/mol. The van der Waals surface area contributed by atoms with E-state index in [1.54, 1.807) is 30.5 Å². The topological polar surface area (TPSA) is 64.1 Å². The van der Waals surface area contributed by atoms with Crippen molar-refractivity contribution in [1.82, 2.24) is 15.3 Å². The Balaban J connectivity index is 1.62. The van der Waals surface area contributed by atoms with Gasteiger partial charge in [0.15, 0.2) is 0 Å². The van der Waals surface area contributed by atoms with Crippen LogP contribution in [-0.4, -0.2) is 16.1 Å². The Morgan fingerprint density at radius 1 is 1.00 bits per heavy atom. The molecule has 2 aromatic carbocycles. The average Bonchev–Trinajstić information content (AvgIpc) is 2.54. The summed E-state index contributed by atoms with van der Waals surface area (Å²) < 4.78 is 5.13. The van der Waals surface area contributed by atoms with E-state index in [-0.39, 0.29) is 6.54 Å². The van der Waals surface area contributed by atoms with E-state index in [1.807, 2.05) is 30.3 Å². The lowest BCUT2D eigenvalue weighted by Crippen LogP contribution is -2.26. The number of hydrogen-bond donors (Lipinski definition) is 1. The molecule has 0 aliphatic heterocycles. The van der Waals surface area contributed by atoms with Crippen molar-refractivity contribution in [2.45, 2.75) is 6.54 Å². The summed E-state index contributed by atoms with van der Waals surface area (Å²) in [5.41, 5.74) is 2.31. The zero-order valence-corrected chi connectivity index (χ0v) is 11.2. The van der Waals surface area contributed by atoms with Crippen LogP contribution < -0.4 is 10.1 Å². The van der Waals surface area contributed by atoms with Gasteiger partial charge in [-0.25, -0.2) is 9.78 Å². The van der Waals surface area contributed by atoms with Crippen molar-refractivity contribution in [3.05, 3.63) is 66.5 Å². The third-order valence-electron chi connectivity index (χ3n) is 2.87. The summed E-state index contributed by atoms with van der Waals surface area (Å²) in [6.45, 7) is 0.267. The van der Waals surface area contributed by atoms with E-state index in [0.717, 1.165) is 11.0 Å². The third-order valence-corrected chi connectivity index (χ3v) is 2.87. The van der Waals surface area contributed by atoms with Crippen LogP contribution in [0.25, 0.3) is 11.0 Å². The van der Waals surface area contributed by atoms with Gasteiger partial charge >= 0.3 is 6.09 Å². The zero-order valence-electron chi connectivity index (χ0n) is 11.2. The second kappa shape index (κ2) is 6.00. The molecule has 0 aliphatic rings. The maximum Gasteiger partial charge on any atom is 0.412 e. The second-order valence-corrected chi connectivity index (χ2v) is 4.41. The molecule has 1 N–H and O–H groups in total. The number of nitrogens with one attached hydrogen (secondary N) is 1.